The van der Waals surface area contributed by atoms with Crippen molar-refractivity contribution in [2.24, 2.45) is 0 Å². The third kappa shape index (κ3) is 3.64. The lowest BCUT2D eigenvalue weighted by molar-refractivity contribution is -0.232. The van der Waals surface area contributed by atoms with Gasteiger partial charge in [-0.25, -0.2) is 5.06 Å². The Kier molecular flexibility index (Phi) is 6.56. The number of hydroxylamine groups is 4. The van der Waals surface area contributed by atoms with Gasteiger partial charge in [-0.1, -0.05) is 22.0 Å². The van der Waals surface area contributed by atoms with Gasteiger partial charge >= 0.3 is 0 Å². The molecule has 1 amide bonds. The number of halogens is 1. The van der Waals surface area contributed by atoms with Gasteiger partial charge in [-0.3, -0.25) is 14.4 Å². The number of carbonyl (C=O) groups is 2. The molecular formula is C20H27BrN2O5. The molecule has 1 aromatic carbocycles. The van der Waals surface area contributed by atoms with Crippen LogP contribution in [0.1, 0.15) is 35.4 Å². The average molecular weight is 455 g/mol. The number of methoxy groups -OCH3 is 1. The summed E-state index contributed by atoms with van der Waals surface area (Å²) < 4.78 is 5.82. The Morgan fingerprint density at radius 3 is 2.36 bits per heavy atom. The van der Waals surface area contributed by atoms with Crippen LogP contribution in [0.25, 0.3) is 0 Å². The van der Waals surface area contributed by atoms with Crippen LogP contribution >= 0.6 is 15.9 Å². The van der Waals surface area contributed by atoms with Crippen molar-refractivity contribution in [3.8, 4) is 0 Å². The lowest BCUT2D eigenvalue weighted by Crippen LogP contribution is -2.56. The minimum absolute atomic E-state index is 0.102. The van der Waals surface area contributed by atoms with E-state index in [1.807, 2.05) is 26.0 Å². The van der Waals surface area contributed by atoms with Crippen LogP contribution in [-0.2, 0) is 24.0 Å². The molecule has 1 unspecified atom stereocenters. The first kappa shape index (κ1) is 21.4. The van der Waals surface area contributed by atoms with E-state index in [0.717, 1.165) is 15.6 Å². The molecule has 28 heavy (non-hydrogen) atoms. The van der Waals surface area contributed by atoms with E-state index >= 15 is 0 Å². The minimum Gasteiger partial charge on any atom is -0.382 e. The fourth-order valence-electron chi connectivity index (χ4n) is 4.00. The summed E-state index contributed by atoms with van der Waals surface area (Å²) >= 11 is 3.55. The molecule has 0 aliphatic carbocycles. The van der Waals surface area contributed by atoms with Gasteiger partial charge in [0.15, 0.2) is 5.78 Å². The Labute approximate surface area is 173 Å². The SMILES string of the molecule is COCCON1C(=O)C(c2cc(C)c(C)cc2Br)C(=O)C12CCN(OC)CC2. The Bertz CT molecular complexity index is 761. The quantitative estimate of drug-likeness (QED) is 0.485. The Morgan fingerprint density at radius 2 is 1.75 bits per heavy atom. The van der Waals surface area contributed by atoms with E-state index < -0.39 is 11.5 Å². The van der Waals surface area contributed by atoms with Crippen LogP contribution in [0.3, 0.4) is 0 Å². The van der Waals surface area contributed by atoms with Gasteiger partial charge in [0.1, 0.15) is 11.5 Å². The third-order valence-electron chi connectivity index (χ3n) is 5.80. The zero-order valence-electron chi connectivity index (χ0n) is 16.8. The summed E-state index contributed by atoms with van der Waals surface area (Å²) in [7, 11) is 3.18. The van der Waals surface area contributed by atoms with E-state index in [2.05, 4.69) is 15.9 Å². The number of ether oxygens (including phenoxy) is 1. The standard InChI is InChI=1S/C20H27BrN2O5/c1-13-11-15(16(21)12-14(13)2)17-18(24)20(5-7-22(27-4)8-6-20)23(19(17)25)28-10-9-26-3/h11-12,17H,5-10H2,1-4H3. The number of aryl methyl sites for hydroxylation is 2. The van der Waals surface area contributed by atoms with Crippen LogP contribution in [-0.4, -0.2) is 67.9 Å². The van der Waals surface area contributed by atoms with Crippen molar-refractivity contribution >= 4 is 27.6 Å². The number of rotatable bonds is 6. The minimum atomic E-state index is -0.969. The predicted octanol–water partition coefficient (Wildman–Crippen LogP) is 2.53. The van der Waals surface area contributed by atoms with E-state index in [1.165, 1.54) is 5.06 Å². The van der Waals surface area contributed by atoms with Crippen LogP contribution in [0.15, 0.2) is 16.6 Å². The van der Waals surface area contributed by atoms with Gasteiger partial charge in [0.25, 0.3) is 5.91 Å². The molecule has 0 N–H and O–H groups in total. The molecule has 1 spiro atoms. The normalized spacial score (nSPS) is 22.5. The smallest absolute Gasteiger partial charge is 0.262 e. The van der Waals surface area contributed by atoms with E-state index in [9.17, 15) is 9.59 Å². The fraction of sp³-hybridized carbons (Fsp3) is 0.600. The highest BCUT2D eigenvalue weighted by Crippen LogP contribution is 2.45. The number of piperidine rings is 1. The van der Waals surface area contributed by atoms with Crippen molar-refractivity contribution in [1.29, 1.82) is 0 Å². The molecule has 2 heterocycles. The van der Waals surface area contributed by atoms with Crippen molar-refractivity contribution in [2.75, 3.05) is 40.5 Å². The maximum absolute atomic E-state index is 13.6. The summed E-state index contributed by atoms with van der Waals surface area (Å²) in [5, 5.41) is 3.13. The summed E-state index contributed by atoms with van der Waals surface area (Å²) in [6.45, 7) is 5.66. The maximum Gasteiger partial charge on any atom is 0.262 e. The Balaban J connectivity index is 1.98. The highest BCUT2D eigenvalue weighted by Gasteiger charge is 2.61. The Hall–Kier alpha value is -1.32. The number of amides is 1. The van der Waals surface area contributed by atoms with Gasteiger partial charge in [-0.15, -0.1) is 0 Å². The van der Waals surface area contributed by atoms with E-state index in [-0.39, 0.29) is 18.3 Å². The molecule has 2 aliphatic rings. The van der Waals surface area contributed by atoms with Crippen LogP contribution in [0.4, 0.5) is 0 Å². The van der Waals surface area contributed by atoms with Crippen molar-refractivity contribution in [2.45, 2.75) is 38.1 Å². The van der Waals surface area contributed by atoms with Gasteiger partial charge in [-0.05, 0) is 49.4 Å². The van der Waals surface area contributed by atoms with Gasteiger partial charge in [0.05, 0.1) is 20.3 Å². The van der Waals surface area contributed by atoms with Crippen molar-refractivity contribution in [3.63, 3.8) is 0 Å². The second kappa shape index (κ2) is 8.59. The molecule has 2 aliphatic heterocycles. The third-order valence-corrected chi connectivity index (χ3v) is 6.48. The van der Waals surface area contributed by atoms with Crippen molar-refractivity contribution in [1.82, 2.24) is 10.1 Å². The Morgan fingerprint density at radius 1 is 1.11 bits per heavy atom. The number of hydrogen-bond acceptors (Lipinski definition) is 6. The first-order valence-corrected chi connectivity index (χ1v) is 10.2. The highest BCUT2D eigenvalue weighted by atomic mass is 79.9. The first-order valence-electron chi connectivity index (χ1n) is 9.41. The summed E-state index contributed by atoms with van der Waals surface area (Å²) in [5.74, 6) is -1.28. The molecule has 2 fully saturated rings. The van der Waals surface area contributed by atoms with Crippen LogP contribution in [0.2, 0.25) is 0 Å². The maximum atomic E-state index is 13.6. The largest absolute Gasteiger partial charge is 0.382 e. The summed E-state index contributed by atoms with van der Waals surface area (Å²) in [6.07, 6.45) is 0.939. The monoisotopic (exact) mass is 454 g/mol. The summed E-state index contributed by atoms with van der Waals surface area (Å²) in [6, 6.07) is 3.89. The first-order chi connectivity index (χ1) is 13.4. The average Bonchev–Trinajstić information content (AvgIpc) is 2.87. The predicted molar refractivity (Wildman–Crippen MR) is 107 cm³/mol. The molecule has 0 aromatic heterocycles. The molecule has 0 bridgehead atoms. The zero-order chi connectivity index (χ0) is 20.5. The van der Waals surface area contributed by atoms with Crippen LogP contribution in [0.5, 0.6) is 0 Å². The van der Waals surface area contributed by atoms with Gasteiger partial charge in [-0.2, -0.15) is 5.06 Å². The zero-order valence-corrected chi connectivity index (χ0v) is 18.4. The van der Waals surface area contributed by atoms with E-state index in [4.69, 9.17) is 14.4 Å². The van der Waals surface area contributed by atoms with Gasteiger partial charge in [0, 0.05) is 24.7 Å². The summed E-state index contributed by atoms with van der Waals surface area (Å²) in [5.41, 5.74) is 1.87. The van der Waals surface area contributed by atoms with Crippen molar-refractivity contribution < 1.29 is 24.0 Å². The van der Waals surface area contributed by atoms with Crippen LogP contribution < -0.4 is 0 Å². The lowest BCUT2D eigenvalue weighted by Gasteiger charge is -2.41. The molecule has 1 aromatic rings. The number of nitrogens with zero attached hydrogens (tertiary/aromatic N) is 2. The fourth-order valence-corrected chi connectivity index (χ4v) is 4.68. The number of hydrogen-bond donors (Lipinski definition) is 0. The molecule has 8 heteroatoms. The number of carbonyl (C=O) groups excluding carboxylic acids is 2. The molecule has 1 atom stereocenters. The topological polar surface area (TPSA) is 68.3 Å². The second-order valence-corrected chi connectivity index (χ2v) is 8.21. The van der Waals surface area contributed by atoms with Crippen molar-refractivity contribution in [3.05, 3.63) is 33.3 Å². The van der Waals surface area contributed by atoms with E-state index in [0.29, 0.717) is 38.1 Å². The number of ketones is 1. The highest BCUT2D eigenvalue weighted by molar-refractivity contribution is 9.10. The van der Waals surface area contributed by atoms with Gasteiger partial charge < -0.3 is 9.57 Å². The van der Waals surface area contributed by atoms with Gasteiger partial charge in [0.2, 0.25) is 0 Å². The molecule has 3 rings (SSSR count). The molecule has 2 saturated heterocycles. The second-order valence-electron chi connectivity index (χ2n) is 7.36. The lowest BCUT2D eigenvalue weighted by atomic mass is 9.80. The molecular weight excluding hydrogens is 428 g/mol. The summed E-state index contributed by atoms with van der Waals surface area (Å²) in [4.78, 5) is 38.1. The molecule has 7 nitrogen and oxygen atoms in total. The molecule has 0 radical (unpaired) electrons. The van der Waals surface area contributed by atoms with Crippen LogP contribution in [0, 0.1) is 13.8 Å². The molecule has 154 valence electrons. The molecule has 0 saturated carbocycles. The number of Topliss-reactive ketones (excluding diaryl/α,β-unsaturated/α-hetero) is 1. The number of benzene rings is 1. The van der Waals surface area contributed by atoms with E-state index in [1.54, 1.807) is 19.3 Å².